The minimum atomic E-state index is -0.205. The van der Waals surface area contributed by atoms with E-state index in [1.165, 1.54) is 0 Å². The van der Waals surface area contributed by atoms with Gasteiger partial charge in [-0.15, -0.1) is 0 Å². The molecule has 0 radical (unpaired) electrons. The highest BCUT2D eigenvalue weighted by atomic mass is 32.2. The summed E-state index contributed by atoms with van der Waals surface area (Å²) in [5.41, 5.74) is 3.02. The van der Waals surface area contributed by atoms with Crippen molar-refractivity contribution in [2.75, 3.05) is 32.1 Å². The highest BCUT2D eigenvalue weighted by Crippen LogP contribution is 2.35. The molecule has 2 aromatic rings. The van der Waals surface area contributed by atoms with Crippen LogP contribution in [0.25, 0.3) is 5.70 Å². The van der Waals surface area contributed by atoms with E-state index in [-0.39, 0.29) is 12.5 Å². The monoisotopic (exact) mass is 381 g/mol. The van der Waals surface area contributed by atoms with Gasteiger partial charge in [0.1, 0.15) is 11.5 Å². The Kier molecular flexibility index (Phi) is 5.02. The largest absolute Gasteiger partial charge is 0.497 e. The molecule has 0 unspecified atom stereocenters. The molecule has 0 aliphatic carbocycles. The van der Waals surface area contributed by atoms with Gasteiger partial charge in [-0.1, -0.05) is 23.9 Å². The normalized spacial score (nSPS) is 15.1. The third-order valence-electron chi connectivity index (χ3n) is 4.26. The van der Waals surface area contributed by atoms with Crippen molar-refractivity contribution in [2.45, 2.75) is 0 Å². The Morgan fingerprint density at radius 2 is 1.89 bits per heavy atom. The van der Waals surface area contributed by atoms with E-state index < -0.39 is 0 Å². The molecule has 2 heterocycles. The fourth-order valence-electron chi connectivity index (χ4n) is 2.89. The van der Waals surface area contributed by atoms with E-state index >= 15 is 0 Å². The molecule has 2 aliphatic heterocycles. The average Bonchev–Trinajstić information content (AvgIpc) is 3.31. The Labute approximate surface area is 161 Å². The number of amidine groups is 1. The minimum Gasteiger partial charge on any atom is -0.497 e. The van der Waals surface area contributed by atoms with Crippen LogP contribution >= 0.6 is 11.8 Å². The van der Waals surface area contributed by atoms with Gasteiger partial charge in [-0.3, -0.25) is 9.79 Å². The van der Waals surface area contributed by atoms with E-state index in [1.54, 1.807) is 43.1 Å². The first-order valence-electron chi connectivity index (χ1n) is 8.59. The van der Waals surface area contributed by atoms with Gasteiger partial charge in [-0.25, -0.2) is 0 Å². The molecule has 0 atom stereocenters. The van der Waals surface area contributed by atoms with Gasteiger partial charge >= 0.3 is 0 Å². The first-order valence-corrected chi connectivity index (χ1v) is 9.47. The number of fused-ring (bicyclic) bond motifs is 1. The Hall–Kier alpha value is -2.93. The Balaban J connectivity index is 1.31. The molecule has 2 aromatic carbocycles. The summed E-state index contributed by atoms with van der Waals surface area (Å²) < 4.78 is 10.6. The number of carbonyl (C=O) groups is 1. The van der Waals surface area contributed by atoms with Crippen LogP contribution in [0.15, 0.2) is 58.9 Å². The predicted octanol–water partition coefficient (Wildman–Crippen LogP) is 3.43. The molecule has 0 saturated carbocycles. The molecule has 0 aromatic heterocycles. The number of nitrogens with zero attached hydrogens (tertiary/aromatic N) is 2. The first kappa shape index (κ1) is 17.5. The number of rotatable bonds is 6. The van der Waals surface area contributed by atoms with Crippen LogP contribution in [0.2, 0.25) is 0 Å². The van der Waals surface area contributed by atoms with Crippen molar-refractivity contribution in [3.8, 4) is 11.5 Å². The van der Waals surface area contributed by atoms with Gasteiger partial charge in [-0.2, -0.15) is 0 Å². The second-order valence-corrected chi connectivity index (χ2v) is 6.86. The summed E-state index contributed by atoms with van der Waals surface area (Å²) in [5.74, 6) is 1.16. The van der Waals surface area contributed by atoms with Crippen LogP contribution in [0, 0.1) is 0 Å². The molecule has 7 heteroatoms. The third-order valence-corrected chi connectivity index (χ3v) is 5.16. The number of thioether (sulfide) groups is 1. The zero-order valence-electron chi connectivity index (χ0n) is 14.8. The van der Waals surface area contributed by atoms with Crippen molar-refractivity contribution in [2.24, 2.45) is 4.99 Å². The maximum atomic E-state index is 12.1. The molecule has 6 nitrogen and oxygen atoms in total. The molecule has 27 heavy (non-hydrogen) atoms. The Morgan fingerprint density at radius 3 is 2.63 bits per heavy atom. The number of nitrogens with one attached hydrogen (secondary N) is 1. The zero-order valence-corrected chi connectivity index (χ0v) is 15.7. The van der Waals surface area contributed by atoms with E-state index in [0.717, 1.165) is 41.0 Å². The quantitative estimate of drug-likeness (QED) is 0.831. The maximum Gasteiger partial charge on any atom is 0.262 e. The molecule has 2 aliphatic rings. The van der Waals surface area contributed by atoms with Crippen LogP contribution in [0.3, 0.4) is 0 Å². The van der Waals surface area contributed by atoms with Gasteiger partial charge in [0.05, 0.1) is 19.4 Å². The number of benzene rings is 2. The molecular weight excluding hydrogens is 362 g/mol. The van der Waals surface area contributed by atoms with Gasteiger partial charge in [-0.05, 0) is 42.0 Å². The number of anilines is 1. The average molecular weight is 381 g/mol. The summed E-state index contributed by atoms with van der Waals surface area (Å²) in [6, 6.07) is 14.9. The lowest BCUT2D eigenvalue weighted by Crippen LogP contribution is -2.20. The molecular formula is C20H19N3O3S. The Bertz CT molecular complexity index is 892. The molecule has 4 rings (SSSR count). The highest BCUT2D eigenvalue weighted by Gasteiger charge is 2.26. The standard InChI is InChI=1S/C20H19N3O3S/c1-25-16-6-8-17(9-7-16)26-12-19(24)22-15-4-2-14(3-5-15)18-13-27-20-21-10-11-23(18)20/h2-9,13H,10-12H2,1H3,(H,22,24). The molecule has 0 bridgehead atoms. The maximum absolute atomic E-state index is 12.1. The topological polar surface area (TPSA) is 63.2 Å². The SMILES string of the molecule is COc1ccc(OCC(=O)Nc2ccc(C3=CSC4=NCCN34)cc2)cc1. The third kappa shape index (κ3) is 3.93. The smallest absolute Gasteiger partial charge is 0.262 e. The van der Waals surface area contributed by atoms with Gasteiger partial charge in [0, 0.05) is 17.6 Å². The van der Waals surface area contributed by atoms with Crippen LogP contribution < -0.4 is 14.8 Å². The predicted molar refractivity (Wildman–Crippen MR) is 108 cm³/mol. The summed E-state index contributed by atoms with van der Waals surface area (Å²) in [6.07, 6.45) is 0. The van der Waals surface area contributed by atoms with Crippen LogP contribution in [0.1, 0.15) is 5.56 Å². The molecule has 138 valence electrons. The molecule has 0 fully saturated rings. The molecule has 1 amide bonds. The Morgan fingerprint density at radius 1 is 1.15 bits per heavy atom. The van der Waals surface area contributed by atoms with E-state index in [1.807, 2.05) is 24.3 Å². The fraction of sp³-hybridized carbons (Fsp3) is 0.200. The number of carbonyl (C=O) groups excluding carboxylic acids is 1. The lowest BCUT2D eigenvalue weighted by molar-refractivity contribution is -0.118. The second-order valence-electron chi connectivity index (χ2n) is 6.03. The summed E-state index contributed by atoms with van der Waals surface area (Å²) in [7, 11) is 1.61. The zero-order chi connectivity index (χ0) is 18.6. The van der Waals surface area contributed by atoms with Gasteiger partial charge < -0.3 is 19.7 Å². The van der Waals surface area contributed by atoms with Crippen LogP contribution in [0.4, 0.5) is 5.69 Å². The molecule has 1 N–H and O–H groups in total. The van der Waals surface area contributed by atoms with Crippen LogP contribution in [0.5, 0.6) is 11.5 Å². The van der Waals surface area contributed by atoms with Crippen molar-refractivity contribution in [1.29, 1.82) is 0 Å². The van der Waals surface area contributed by atoms with Gasteiger partial charge in [0.15, 0.2) is 11.8 Å². The minimum absolute atomic E-state index is 0.0521. The van der Waals surface area contributed by atoms with E-state index in [9.17, 15) is 4.79 Å². The summed E-state index contributed by atoms with van der Waals surface area (Å²) in [4.78, 5) is 18.8. The van der Waals surface area contributed by atoms with Crippen molar-refractivity contribution < 1.29 is 14.3 Å². The second kappa shape index (κ2) is 7.75. The molecule has 0 spiro atoms. The number of amides is 1. The summed E-state index contributed by atoms with van der Waals surface area (Å²) in [5, 5.41) is 6.04. The van der Waals surface area contributed by atoms with Gasteiger partial charge in [0.25, 0.3) is 5.91 Å². The number of ether oxygens (including phenoxy) is 2. The lowest BCUT2D eigenvalue weighted by Gasteiger charge is -2.17. The number of methoxy groups -OCH3 is 1. The van der Waals surface area contributed by atoms with Crippen molar-refractivity contribution in [3.63, 3.8) is 0 Å². The number of hydrogen-bond donors (Lipinski definition) is 1. The highest BCUT2D eigenvalue weighted by molar-refractivity contribution is 8.16. The van der Waals surface area contributed by atoms with Gasteiger partial charge in [0.2, 0.25) is 0 Å². The van der Waals surface area contributed by atoms with Crippen molar-refractivity contribution >= 4 is 34.2 Å². The van der Waals surface area contributed by atoms with E-state index in [4.69, 9.17) is 9.47 Å². The van der Waals surface area contributed by atoms with Crippen molar-refractivity contribution in [3.05, 3.63) is 59.5 Å². The summed E-state index contributed by atoms with van der Waals surface area (Å²) >= 11 is 1.66. The van der Waals surface area contributed by atoms with E-state index in [0.29, 0.717) is 5.75 Å². The fourth-order valence-corrected chi connectivity index (χ4v) is 3.85. The van der Waals surface area contributed by atoms with Crippen LogP contribution in [-0.4, -0.2) is 42.8 Å². The summed E-state index contributed by atoms with van der Waals surface area (Å²) in [6.45, 7) is 1.72. The van der Waals surface area contributed by atoms with Crippen molar-refractivity contribution in [1.82, 2.24) is 4.90 Å². The number of aliphatic imine (C=N–C) groups is 1. The first-order chi connectivity index (χ1) is 13.2. The number of hydrogen-bond acceptors (Lipinski definition) is 6. The van der Waals surface area contributed by atoms with E-state index in [2.05, 4.69) is 20.6 Å². The van der Waals surface area contributed by atoms with Crippen LogP contribution in [-0.2, 0) is 4.79 Å². The lowest BCUT2D eigenvalue weighted by atomic mass is 10.1. The molecule has 0 saturated heterocycles.